The Balaban J connectivity index is 1.72. The molecule has 5 aromatic rings. The first-order valence-corrected chi connectivity index (χ1v) is 10.4. The SMILES string of the molecule is CN(C)Cc1ccn2c(-c3ccnc(-c4ccccc4)n3)c(-c3ccc(F)cc3)nc2c1. The third-order valence-corrected chi connectivity index (χ3v) is 5.24. The Hall–Kier alpha value is -3.90. The van der Waals surface area contributed by atoms with Crippen LogP contribution in [0.2, 0.25) is 0 Å². The second kappa shape index (κ2) is 8.32. The van der Waals surface area contributed by atoms with Crippen molar-refractivity contribution in [2.45, 2.75) is 6.54 Å². The zero-order chi connectivity index (χ0) is 22.1. The highest BCUT2D eigenvalue weighted by atomic mass is 19.1. The van der Waals surface area contributed by atoms with Crippen molar-refractivity contribution in [2.75, 3.05) is 14.1 Å². The standard InChI is InChI=1S/C26H22FN5/c1-31(2)17-18-13-15-32-23(16-18)30-24(19-8-10-21(27)11-9-19)25(32)22-12-14-28-26(29-22)20-6-4-3-5-7-20/h3-16H,17H2,1-2H3. The van der Waals surface area contributed by atoms with Crippen LogP contribution in [0.5, 0.6) is 0 Å². The fourth-order valence-corrected chi connectivity index (χ4v) is 3.82. The number of imidazole rings is 1. The van der Waals surface area contributed by atoms with Gasteiger partial charge in [0.1, 0.15) is 11.5 Å². The average Bonchev–Trinajstić information content (AvgIpc) is 3.18. The third-order valence-electron chi connectivity index (χ3n) is 5.24. The minimum atomic E-state index is -0.277. The van der Waals surface area contributed by atoms with Gasteiger partial charge in [-0.25, -0.2) is 19.3 Å². The Bertz CT molecular complexity index is 1380. The van der Waals surface area contributed by atoms with Gasteiger partial charge in [-0.15, -0.1) is 0 Å². The maximum absolute atomic E-state index is 13.6. The number of fused-ring (bicyclic) bond motifs is 1. The maximum Gasteiger partial charge on any atom is 0.159 e. The van der Waals surface area contributed by atoms with Crippen molar-refractivity contribution in [3.63, 3.8) is 0 Å². The minimum absolute atomic E-state index is 0.277. The number of benzene rings is 2. The molecule has 0 aliphatic carbocycles. The van der Waals surface area contributed by atoms with Crippen LogP contribution in [0.1, 0.15) is 5.56 Å². The summed E-state index contributed by atoms with van der Waals surface area (Å²) in [6.07, 6.45) is 3.78. The molecule has 0 radical (unpaired) electrons. The van der Waals surface area contributed by atoms with E-state index in [9.17, 15) is 4.39 Å². The van der Waals surface area contributed by atoms with Gasteiger partial charge in [-0.1, -0.05) is 30.3 Å². The summed E-state index contributed by atoms with van der Waals surface area (Å²) in [4.78, 5) is 16.4. The number of hydrogen-bond acceptors (Lipinski definition) is 4. The predicted octanol–water partition coefficient (Wildman–Crippen LogP) is 5.33. The Labute approximate surface area is 185 Å². The number of nitrogens with zero attached hydrogens (tertiary/aromatic N) is 5. The highest BCUT2D eigenvalue weighted by Gasteiger charge is 2.18. The molecular formula is C26H22FN5. The van der Waals surface area contributed by atoms with E-state index in [2.05, 4.69) is 22.0 Å². The molecule has 0 saturated heterocycles. The van der Waals surface area contributed by atoms with Gasteiger partial charge in [-0.05, 0) is 62.1 Å². The summed E-state index contributed by atoms with van der Waals surface area (Å²) < 4.78 is 15.6. The van der Waals surface area contributed by atoms with Crippen molar-refractivity contribution in [1.82, 2.24) is 24.3 Å². The number of pyridine rings is 1. The lowest BCUT2D eigenvalue weighted by Crippen LogP contribution is -2.10. The van der Waals surface area contributed by atoms with E-state index in [4.69, 9.17) is 9.97 Å². The summed E-state index contributed by atoms with van der Waals surface area (Å²) in [5.74, 6) is 0.369. The van der Waals surface area contributed by atoms with Crippen LogP contribution in [0.3, 0.4) is 0 Å². The van der Waals surface area contributed by atoms with E-state index in [1.807, 2.05) is 61.1 Å². The molecule has 0 amide bonds. The molecule has 0 spiro atoms. The summed E-state index contributed by atoms with van der Waals surface area (Å²) in [6, 6.07) is 22.3. The summed E-state index contributed by atoms with van der Waals surface area (Å²) in [5.41, 5.74) is 6.12. The lowest BCUT2D eigenvalue weighted by Gasteiger charge is -2.10. The minimum Gasteiger partial charge on any atom is -0.305 e. The van der Waals surface area contributed by atoms with Gasteiger partial charge in [0, 0.05) is 30.1 Å². The summed E-state index contributed by atoms with van der Waals surface area (Å²) in [5, 5.41) is 0. The fourth-order valence-electron chi connectivity index (χ4n) is 3.82. The lowest BCUT2D eigenvalue weighted by atomic mass is 10.1. The molecule has 158 valence electrons. The molecule has 32 heavy (non-hydrogen) atoms. The monoisotopic (exact) mass is 423 g/mol. The van der Waals surface area contributed by atoms with Gasteiger partial charge in [0.25, 0.3) is 0 Å². The van der Waals surface area contributed by atoms with E-state index in [1.54, 1.807) is 18.3 Å². The molecule has 0 aliphatic rings. The zero-order valence-electron chi connectivity index (χ0n) is 17.9. The number of hydrogen-bond donors (Lipinski definition) is 0. The van der Waals surface area contributed by atoms with Crippen LogP contribution in [-0.4, -0.2) is 38.3 Å². The van der Waals surface area contributed by atoms with Crippen molar-refractivity contribution in [3.8, 4) is 34.0 Å². The van der Waals surface area contributed by atoms with Gasteiger partial charge in [0.15, 0.2) is 5.82 Å². The topological polar surface area (TPSA) is 46.3 Å². The van der Waals surface area contributed by atoms with Crippen LogP contribution >= 0.6 is 0 Å². The average molecular weight is 423 g/mol. The van der Waals surface area contributed by atoms with Crippen LogP contribution in [0.4, 0.5) is 4.39 Å². The molecule has 0 fully saturated rings. The van der Waals surface area contributed by atoms with E-state index in [0.717, 1.165) is 46.0 Å². The smallest absolute Gasteiger partial charge is 0.159 e. The van der Waals surface area contributed by atoms with E-state index in [1.165, 1.54) is 12.1 Å². The molecule has 3 aromatic heterocycles. The molecule has 0 atom stereocenters. The van der Waals surface area contributed by atoms with Crippen LogP contribution < -0.4 is 0 Å². The molecule has 2 aromatic carbocycles. The maximum atomic E-state index is 13.6. The van der Waals surface area contributed by atoms with Crippen molar-refractivity contribution in [2.24, 2.45) is 0 Å². The normalized spacial score (nSPS) is 11.4. The third kappa shape index (κ3) is 3.88. The second-order valence-electron chi connectivity index (χ2n) is 7.95. The number of aromatic nitrogens is 4. The van der Waals surface area contributed by atoms with Crippen LogP contribution in [-0.2, 0) is 6.54 Å². The molecule has 0 N–H and O–H groups in total. The number of rotatable bonds is 5. The molecule has 0 saturated carbocycles. The first-order chi connectivity index (χ1) is 15.6. The molecule has 0 bridgehead atoms. The molecule has 5 nitrogen and oxygen atoms in total. The van der Waals surface area contributed by atoms with Crippen LogP contribution in [0.15, 0.2) is 85.2 Å². The highest BCUT2D eigenvalue weighted by molar-refractivity contribution is 5.81. The first kappa shape index (κ1) is 20.0. The summed E-state index contributed by atoms with van der Waals surface area (Å²) in [7, 11) is 4.08. The van der Waals surface area contributed by atoms with Gasteiger partial charge in [0.2, 0.25) is 0 Å². The molecule has 0 unspecified atom stereocenters. The lowest BCUT2D eigenvalue weighted by molar-refractivity contribution is 0.402. The van der Waals surface area contributed by atoms with E-state index in [-0.39, 0.29) is 5.82 Å². The molecule has 6 heteroatoms. The van der Waals surface area contributed by atoms with Crippen LogP contribution in [0.25, 0.3) is 39.7 Å². The fraction of sp³-hybridized carbons (Fsp3) is 0.115. The predicted molar refractivity (Wildman–Crippen MR) is 124 cm³/mol. The van der Waals surface area contributed by atoms with E-state index < -0.39 is 0 Å². The molecule has 0 aliphatic heterocycles. The molecule has 5 rings (SSSR count). The summed E-state index contributed by atoms with van der Waals surface area (Å²) >= 11 is 0. The van der Waals surface area contributed by atoms with Crippen LogP contribution in [0, 0.1) is 5.82 Å². The van der Waals surface area contributed by atoms with Gasteiger partial charge < -0.3 is 4.90 Å². The van der Waals surface area contributed by atoms with Crippen molar-refractivity contribution in [3.05, 3.63) is 96.6 Å². The molecule has 3 heterocycles. The second-order valence-corrected chi connectivity index (χ2v) is 7.95. The van der Waals surface area contributed by atoms with Gasteiger partial charge in [0.05, 0.1) is 17.1 Å². The van der Waals surface area contributed by atoms with Crippen molar-refractivity contribution < 1.29 is 4.39 Å². The van der Waals surface area contributed by atoms with E-state index >= 15 is 0 Å². The summed E-state index contributed by atoms with van der Waals surface area (Å²) in [6.45, 7) is 0.816. The van der Waals surface area contributed by atoms with Crippen molar-refractivity contribution >= 4 is 5.65 Å². The first-order valence-electron chi connectivity index (χ1n) is 10.4. The van der Waals surface area contributed by atoms with Crippen molar-refractivity contribution in [1.29, 1.82) is 0 Å². The van der Waals surface area contributed by atoms with Gasteiger partial charge >= 0.3 is 0 Å². The Kier molecular flexibility index (Phi) is 5.21. The molecular weight excluding hydrogens is 401 g/mol. The van der Waals surface area contributed by atoms with Gasteiger partial charge in [-0.2, -0.15) is 0 Å². The Morgan fingerprint density at radius 3 is 2.41 bits per heavy atom. The van der Waals surface area contributed by atoms with Gasteiger partial charge in [-0.3, -0.25) is 4.40 Å². The highest BCUT2D eigenvalue weighted by Crippen LogP contribution is 2.33. The Morgan fingerprint density at radius 1 is 0.875 bits per heavy atom. The largest absolute Gasteiger partial charge is 0.305 e. The Morgan fingerprint density at radius 2 is 1.66 bits per heavy atom. The quantitative estimate of drug-likeness (QED) is 0.384. The zero-order valence-corrected chi connectivity index (χ0v) is 17.9. The van der Waals surface area contributed by atoms with E-state index in [0.29, 0.717) is 5.82 Å². The number of halogens is 1.